The lowest BCUT2D eigenvalue weighted by atomic mass is 10.1. The molecular weight excluding hydrogens is 378 g/mol. The number of ether oxygens (including phenoxy) is 2. The summed E-state index contributed by atoms with van der Waals surface area (Å²) in [5.41, 5.74) is 3.42. The fourth-order valence-electron chi connectivity index (χ4n) is 3.03. The summed E-state index contributed by atoms with van der Waals surface area (Å²) in [6.45, 7) is 4.85. The number of benzene rings is 2. The first-order valence-corrected chi connectivity index (χ1v) is 9.98. The Labute approximate surface area is 177 Å². The van der Waals surface area contributed by atoms with Crippen molar-refractivity contribution in [2.45, 2.75) is 26.6 Å². The average Bonchev–Trinajstić information content (AvgIpc) is 3.29. The van der Waals surface area contributed by atoms with Crippen molar-refractivity contribution in [1.29, 1.82) is 0 Å². The Hall–Kier alpha value is -3.48. The molecule has 7 heteroatoms. The van der Waals surface area contributed by atoms with Crippen LogP contribution in [0, 0.1) is 0 Å². The number of nitrogens with zero attached hydrogens (tertiary/aromatic N) is 3. The third kappa shape index (κ3) is 6.01. The van der Waals surface area contributed by atoms with Gasteiger partial charge in [-0.1, -0.05) is 24.3 Å². The van der Waals surface area contributed by atoms with Crippen molar-refractivity contribution in [3.8, 4) is 11.5 Å². The molecule has 0 radical (unpaired) electrons. The summed E-state index contributed by atoms with van der Waals surface area (Å²) in [6, 6.07) is 14.3. The lowest BCUT2D eigenvalue weighted by Crippen LogP contribution is -2.36. The normalized spacial score (nSPS) is 11.2. The number of methoxy groups -OCH3 is 2. The number of imidazole rings is 1. The molecule has 0 bridgehead atoms. The van der Waals surface area contributed by atoms with Gasteiger partial charge >= 0.3 is 0 Å². The lowest BCUT2D eigenvalue weighted by molar-refractivity contribution is 0.390. The van der Waals surface area contributed by atoms with Crippen molar-refractivity contribution < 1.29 is 9.47 Å². The van der Waals surface area contributed by atoms with E-state index in [0.717, 1.165) is 41.7 Å². The molecule has 0 spiro atoms. The molecule has 3 aromatic rings. The van der Waals surface area contributed by atoms with Crippen molar-refractivity contribution in [3.05, 3.63) is 77.9 Å². The zero-order chi connectivity index (χ0) is 21.2. The van der Waals surface area contributed by atoms with Gasteiger partial charge in [-0.25, -0.2) is 9.98 Å². The van der Waals surface area contributed by atoms with Gasteiger partial charge in [-0.3, -0.25) is 0 Å². The second-order valence-corrected chi connectivity index (χ2v) is 6.78. The molecule has 1 aromatic heterocycles. The van der Waals surface area contributed by atoms with Crippen LogP contribution in [0.4, 0.5) is 0 Å². The number of aliphatic imine (C=N–C) groups is 1. The topological polar surface area (TPSA) is 72.7 Å². The first kappa shape index (κ1) is 21.2. The first-order valence-electron chi connectivity index (χ1n) is 9.98. The van der Waals surface area contributed by atoms with Gasteiger partial charge in [0, 0.05) is 43.7 Å². The lowest BCUT2D eigenvalue weighted by Gasteiger charge is -2.14. The van der Waals surface area contributed by atoms with Crippen molar-refractivity contribution in [3.63, 3.8) is 0 Å². The van der Waals surface area contributed by atoms with E-state index in [-0.39, 0.29) is 0 Å². The number of nitrogens with one attached hydrogen (secondary N) is 2. The number of aromatic nitrogens is 2. The Morgan fingerprint density at radius 3 is 2.50 bits per heavy atom. The Morgan fingerprint density at radius 1 is 1.03 bits per heavy atom. The molecule has 0 aliphatic heterocycles. The highest BCUT2D eigenvalue weighted by atomic mass is 16.5. The zero-order valence-corrected chi connectivity index (χ0v) is 17.8. The Morgan fingerprint density at radius 2 is 1.83 bits per heavy atom. The molecule has 0 atom stereocenters. The molecule has 158 valence electrons. The van der Waals surface area contributed by atoms with Gasteiger partial charge in [-0.2, -0.15) is 0 Å². The summed E-state index contributed by atoms with van der Waals surface area (Å²) in [7, 11) is 3.31. The Bertz CT molecular complexity index is 937. The molecule has 2 N–H and O–H groups in total. The van der Waals surface area contributed by atoms with Crippen LogP contribution in [0.1, 0.15) is 23.6 Å². The van der Waals surface area contributed by atoms with Crippen molar-refractivity contribution in [1.82, 2.24) is 20.2 Å². The molecule has 1 heterocycles. The summed E-state index contributed by atoms with van der Waals surface area (Å²) < 4.78 is 12.8. The molecule has 7 nitrogen and oxygen atoms in total. The molecule has 0 amide bonds. The molecule has 0 aliphatic rings. The minimum atomic E-state index is 0.598. The third-order valence-electron chi connectivity index (χ3n) is 4.65. The second-order valence-electron chi connectivity index (χ2n) is 6.78. The molecule has 0 fully saturated rings. The Balaban J connectivity index is 1.60. The van der Waals surface area contributed by atoms with E-state index in [2.05, 4.69) is 46.8 Å². The van der Waals surface area contributed by atoms with Gasteiger partial charge in [-0.15, -0.1) is 0 Å². The van der Waals surface area contributed by atoms with Crippen LogP contribution in [-0.2, 0) is 19.6 Å². The van der Waals surface area contributed by atoms with E-state index in [9.17, 15) is 0 Å². The van der Waals surface area contributed by atoms with E-state index >= 15 is 0 Å². The monoisotopic (exact) mass is 407 g/mol. The minimum Gasteiger partial charge on any atom is -0.497 e. The third-order valence-corrected chi connectivity index (χ3v) is 4.65. The smallest absolute Gasteiger partial charge is 0.191 e. The summed E-state index contributed by atoms with van der Waals surface area (Å²) in [5.74, 6) is 2.32. The molecule has 3 rings (SSSR count). The second kappa shape index (κ2) is 10.9. The molecule has 0 aliphatic carbocycles. The van der Waals surface area contributed by atoms with E-state index in [4.69, 9.17) is 14.5 Å². The van der Waals surface area contributed by atoms with Crippen molar-refractivity contribution >= 4 is 5.96 Å². The highest BCUT2D eigenvalue weighted by Gasteiger charge is 2.06. The summed E-state index contributed by atoms with van der Waals surface area (Å²) in [4.78, 5) is 8.79. The van der Waals surface area contributed by atoms with Crippen molar-refractivity contribution in [2.75, 3.05) is 20.8 Å². The van der Waals surface area contributed by atoms with Gasteiger partial charge in [-0.05, 0) is 30.2 Å². The highest BCUT2D eigenvalue weighted by Crippen LogP contribution is 2.24. The maximum atomic E-state index is 5.47. The fourth-order valence-corrected chi connectivity index (χ4v) is 3.03. The zero-order valence-electron chi connectivity index (χ0n) is 17.8. The predicted octanol–water partition coefficient (Wildman–Crippen LogP) is 3.20. The highest BCUT2D eigenvalue weighted by molar-refractivity contribution is 5.79. The molecule has 30 heavy (non-hydrogen) atoms. The van der Waals surface area contributed by atoms with Crippen LogP contribution >= 0.6 is 0 Å². The molecule has 2 aromatic carbocycles. The standard InChI is InChI=1S/C23H29N5O2/c1-4-25-23(27-15-20-9-10-21(29-2)13-22(20)30-3)26-14-18-5-7-19(8-6-18)16-28-12-11-24-17-28/h5-13,17H,4,14-16H2,1-3H3,(H2,25,26,27). The van der Waals surface area contributed by atoms with Gasteiger partial charge in [0.15, 0.2) is 5.96 Å². The maximum Gasteiger partial charge on any atom is 0.191 e. The van der Waals surface area contributed by atoms with E-state index in [1.807, 2.05) is 35.3 Å². The van der Waals surface area contributed by atoms with Gasteiger partial charge in [0.2, 0.25) is 0 Å². The number of hydrogen-bond acceptors (Lipinski definition) is 4. The van der Waals surface area contributed by atoms with Crippen LogP contribution in [0.5, 0.6) is 11.5 Å². The molecular formula is C23H29N5O2. The summed E-state index contributed by atoms with van der Waals surface area (Å²) in [5, 5.41) is 6.66. The summed E-state index contributed by atoms with van der Waals surface area (Å²) >= 11 is 0. The van der Waals surface area contributed by atoms with Gasteiger partial charge in [0.1, 0.15) is 11.5 Å². The molecule has 0 unspecified atom stereocenters. The Kier molecular flexibility index (Phi) is 7.71. The number of hydrogen-bond donors (Lipinski definition) is 2. The van der Waals surface area contributed by atoms with E-state index in [1.54, 1.807) is 20.4 Å². The fraction of sp³-hybridized carbons (Fsp3) is 0.304. The molecule has 0 saturated heterocycles. The van der Waals surface area contributed by atoms with E-state index < -0.39 is 0 Å². The minimum absolute atomic E-state index is 0.598. The largest absolute Gasteiger partial charge is 0.497 e. The maximum absolute atomic E-state index is 5.47. The number of guanidine groups is 1. The first-order chi connectivity index (χ1) is 14.7. The van der Waals surface area contributed by atoms with Gasteiger partial charge in [0.25, 0.3) is 0 Å². The van der Waals surface area contributed by atoms with Crippen LogP contribution in [0.3, 0.4) is 0 Å². The van der Waals surface area contributed by atoms with Crippen LogP contribution in [-0.4, -0.2) is 36.3 Å². The van der Waals surface area contributed by atoms with Crippen LogP contribution < -0.4 is 20.1 Å². The van der Waals surface area contributed by atoms with E-state index in [1.165, 1.54) is 5.56 Å². The average molecular weight is 408 g/mol. The van der Waals surface area contributed by atoms with Crippen LogP contribution in [0.25, 0.3) is 0 Å². The van der Waals surface area contributed by atoms with Gasteiger partial charge in [0.05, 0.1) is 27.1 Å². The summed E-state index contributed by atoms with van der Waals surface area (Å²) in [6.07, 6.45) is 5.58. The SMILES string of the molecule is CCNC(=NCc1ccc(Cn2ccnc2)cc1)NCc1ccc(OC)cc1OC. The van der Waals surface area contributed by atoms with Crippen LogP contribution in [0.2, 0.25) is 0 Å². The van der Waals surface area contributed by atoms with Crippen LogP contribution in [0.15, 0.2) is 66.2 Å². The van der Waals surface area contributed by atoms with Gasteiger partial charge < -0.3 is 24.7 Å². The number of rotatable bonds is 9. The van der Waals surface area contributed by atoms with E-state index in [0.29, 0.717) is 13.1 Å². The van der Waals surface area contributed by atoms with Crippen molar-refractivity contribution in [2.24, 2.45) is 4.99 Å². The molecule has 0 saturated carbocycles. The predicted molar refractivity (Wildman–Crippen MR) is 119 cm³/mol. The quantitative estimate of drug-likeness (QED) is 0.421.